The lowest BCUT2D eigenvalue weighted by molar-refractivity contribution is -0.141. The molecule has 1 aliphatic rings. The first kappa shape index (κ1) is 17.3. The molecular formula is C15H16F3N5O2. The van der Waals surface area contributed by atoms with E-state index in [1.807, 2.05) is 0 Å². The molecule has 1 aliphatic carbocycles. The van der Waals surface area contributed by atoms with Crippen molar-refractivity contribution in [1.82, 2.24) is 25.1 Å². The smallest absolute Gasteiger partial charge is 0.391 e. The maximum atomic E-state index is 12.7. The first-order chi connectivity index (χ1) is 11.8. The van der Waals surface area contributed by atoms with Crippen molar-refractivity contribution in [2.75, 3.05) is 0 Å². The van der Waals surface area contributed by atoms with Gasteiger partial charge in [0.15, 0.2) is 0 Å². The van der Waals surface area contributed by atoms with E-state index >= 15 is 0 Å². The van der Waals surface area contributed by atoms with E-state index in [1.54, 1.807) is 23.1 Å². The number of aromatic nitrogens is 4. The Morgan fingerprint density at radius 1 is 1.36 bits per heavy atom. The molecule has 2 N–H and O–H groups in total. The molecule has 1 amide bonds. The van der Waals surface area contributed by atoms with E-state index in [1.165, 1.54) is 0 Å². The Morgan fingerprint density at radius 3 is 2.84 bits per heavy atom. The van der Waals surface area contributed by atoms with Gasteiger partial charge >= 0.3 is 6.18 Å². The second kappa shape index (κ2) is 6.79. The zero-order valence-corrected chi connectivity index (χ0v) is 13.0. The summed E-state index contributed by atoms with van der Waals surface area (Å²) >= 11 is 0. The summed E-state index contributed by atoms with van der Waals surface area (Å²) in [4.78, 5) is 18.9. The van der Waals surface area contributed by atoms with E-state index in [0.717, 1.165) is 0 Å². The van der Waals surface area contributed by atoms with Gasteiger partial charge in [0.25, 0.3) is 5.91 Å². The van der Waals surface area contributed by atoms with Crippen LogP contribution in [0.15, 0.2) is 30.9 Å². The van der Waals surface area contributed by atoms with Gasteiger partial charge in [-0.1, -0.05) is 0 Å². The molecule has 134 valence electrons. The van der Waals surface area contributed by atoms with Crippen LogP contribution in [0.1, 0.15) is 29.0 Å². The Bertz CT molecular complexity index is 735. The highest BCUT2D eigenvalue weighted by Crippen LogP contribution is 2.29. The number of halogens is 3. The molecule has 10 heteroatoms. The Balaban J connectivity index is 1.63. The van der Waals surface area contributed by atoms with Crippen LogP contribution in [0.2, 0.25) is 0 Å². The number of hydrogen-bond acceptors (Lipinski definition) is 5. The van der Waals surface area contributed by atoms with Gasteiger partial charge in [0.1, 0.15) is 17.7 Å². The van der Waals surface area contributed by atoms with Crippen LogP contribution in [-0.4, -0.2) is 42.9 Å². The minimum Gasteiger partial charge on any atom is -0.391 e. The second-order valence-electron chi connectivity index (χ2n) is 6.00. The summed E-state index contributed by atoms with van der Waals surface area (Å²) in [5.74, 6) is -0.659. The lowest BCUT2D eigenvalue weighted by atomic mass is 10.1. The molecule has 0 aromatic carbocycles. The van der Waals surface area contributed by atoms with Crippen LogP contribution in [0.25, 0.3) is 0 Å². The maximum Gasteiger partial charge on any atom is 0.433 e. The van der Waals surface area contributed by atoms with Gasteiger partial charge in [-0.2, -0.15) is 18.3 Å². The number of nitrogens with zero attached hydrogens (tertiary/aromatic N) is 4. The first-order valence-electron chi connectivity index (χ1n) is 7.68. The van der Waals surface area contributed by atoms with Crippen LogP contribution in [0.3, 0.4) is 0 Å². The topological polar surface area (TPSA) is 92.9 Å². The van der Waals surface area contributed by atoms with Gasteiger partial charge in [0.2, 0.25) is 0 Å². The van der Waals surface area contributed by atoms with E-state index in [9.17, 15) is 23.1 Å². The van der Waals surface area contributed by atoms with Crippen molar-refractivity contribution in [3.8, 4) is 0 Å². The molecule has 3 rings (SSSR count). The van der Waals surface area contributed by atoms with E-state index in [0.29, 0.717) is 31.8 Å². The fourth-order valence-corrected chi connectivity index (χ4v) is 2.97. The molecule has 1 unspecified atom stereocenters. The Hall–Kier alpha value is -2.49. The van der Waals surface area contributed by atoms with Crippen LogP contribution in [-0.2, 0) is 12.7 Å². The largest absolute Gasteiger partial charge is 0.433 e. The third kappa shape index (κ3) is 4.13. The fraction of sp³-hybridized carbons (Fsp3) is 0.467. The fourth-order valence-electron chi connectivity index (χ4n) is 2.97. The maximum absolute atomic E-state index is 12.7. The lowest BCUT2D eigenvalue weighted by Crippen LogP contribution is -2.40. The molecule has 7 nitrogen and oxygen atoms in total. The Morgan fingerprint density at radius 2 is 2.16 bits per heavy atom. The predicted octanol–water partition coefficient (Wildman–Crippen LogP) is 1.26. The summed E-state index contributed by atoms with van der Waals surface area (Å²) in [5.41, 5.74) is -1.57. The molecule has 0 spiro atoms. The van der Waals surface area contributed by atoms with Gasteiger partial charge in [-0.05, 0) is 24.8 Å². The summed E-state index contributed by atoms with van der Waals surface area (Å²) in [6.45, 7) is 0.599. The number of rotatable bonds is 4. The molecule has 1 fully saturated rings. The van der Waals surface area contributed by atoms with Crippen molar-refractivity contribution >= 4 is 5.91 Å². The van der Waals surface area contributed by atoms with Crippen LogP contribution in [0, 0.1) is 5.92 Å². The molecule has 2 aromatic heterocycles. The van der Waals surface area contributed by atoms with Crippen LogP contribution in [0.4, 0.5) is 13.2 Å². The minimum absolute atomic E-state index is 0.108. The van der Waals surface area contributed by atoms with Crippen LogP contribution < -0.4 is 5.32 Å². The Kier molecular flexibility index (Phi) is 4.71. The van der Waals surface area contributed by atoms with Crippen molar-refractivity contribution < 1.29 is 23.1 Å². The number of hydrogen-bond donors (Lipinski definition) is 2. The van der Waals surface area contributed by atoms with Crippen molar-refractivity contribution in [2.24, 2.45) is 5.92 Å². The highest BCUT2D eigenvalue weighted by atomic mass is 19.4. The van der Waals surface area contributed by atoms with Gasteiger partial charge < -0.3 is 10.4 Å². The molecule has 2 heterocycles. The van der Waals surface area contributed by atoms with Crippen LogP contribution in [0.5, 0.6) is 0 Å². The van der Waals surface area contributed by atoms with Crippen molar-refractivity contribution in [3.05, 3.63) is 42.2 Å². The highest BCUT2D eigenvalue weighted by molar-refractivity contribution is 5.92. The second-order valence-corrected chi connectivity index (χ2v) is 6.00. The predicted molar refractivity (Wildman–Crippen MR) is 79.2 cm³/mol. The van der Waals surface area contributed by atoms with Crippen molar-refractivity contribution in [3.63, 3.8) is 0 Å². The number of aliphatic hydroxyl groups excluding tert-OH is 1. The summed E-state index contributed by atoms with van der Waals surface area (Å²) < 4.78 is 39.7. The average molecular weight is 355 g/mol. The molecule has 2 aromatic rings. The van der Waals surface area contributed by atoms with E-state index in [4.69, 9.17) is 0 Å². The lowest BCUT2D eigenvalue weighted by Gasteiger charge is -2.16. The third-order valence-corrected chi connectivity index (χ3v) is 4.14. The SMILES string of the molecule is O=C(N[C@@H]1CC(Cn2cccn2)C[C@H]1O)c1cc(C(F)(F)F)ncn1. The molecule has 1 saturated carbocycles. The van der Waals surface area contributed by atoms with Gasteiger partial charge in [0.05, 0.1) is 12.1 Å². The first-order valence-corrected chi connectivity index (χ1v) is 7.68. The number of carbonyl (C=O) groups is 1. The molecule has 25 heavy (non-hydrogen) atoms. The number of nitrogens with one attached hydrogen (secondary N) is 1. The Labute approximate surface area is 140 Å². The number of carbonyl (C=O) groups excluding carboxylic acids is 1. The van der Waals surface area contributed by atoms with E-state index < -0.39 is 29.9 Å². The molecular weight excluding hydrogens is 339 g/mol. The molecule has 0 saturated heterocycles. The summed E-state index contributed by atoms with van der Waals surface area (Å²) in [5, 5.41) is 16.8. The van der Waals surface area contributed by atoms with E-state index in [2.05, 4.69) is 20.4 Å². The number of amides is 1. The molecule has 3 atom stereocenters. The third-order valence-electron chi connectivity index (χ3n) is 4.14. The van der Waals surface area contributed by atoms with Gasteiger partial charge in [-0.3, -0.25) is 9.48 Å². The summed E-state index contributed by atoms with van der Waals surface area (Å²) in [6.07, 6.45) is -0.293. The molecule has 0 aliphatic heterocycles. The molecule has 0 bridgehead atoms. The van der Waals surface area contributed by atoms with Gasteiger partial charge in [0, 0.05) is 25.0 Å². The number of alkyl halides is 3. The average Bonchev–Trinajstić information content (AvgIpc) is 3.17. The van der Waals surface area contributed by atoms with Crippen molar-refractivity contribution in [2.45, 2.75) is 37.7 Å². The van der Waals surface area contributed by atoms with Crippen molar-refractivity contribution in [1.29, 1.82) is 0 Å². The summed E-state index contributed by atoms with van der Waals surface area (Å²) in [6, 6.07) is 1.84. The quantitative estimate of drug-likeness (QED) is 0.861. The summed E-state index contributed by atoms with van der Waals surface area (Å²) in [7, 11) is 0. The van der Waals surface area contributed by atoms with Gasteiger partial charge in [-0.15, -0.1) is 0 Å². The highest BCUT2D eigenvalue weighted by Gasteiger charge is 2.36. The zero-order valence-electron chi connectivity index (χ0n) is 13.0. The zero-order chi connectivity index (χ0) is 18.0. The van der Waals surface area contributed by atoms with Gasteiger partial charge in [-0.25, -0.2) is 9.97 Å². The molecule has 0 radical (unpaired) electrons. The standard InChI is InChI=1S/C15H16F3N5O2/c16-15(17,18)13-6-11(19-8-20-13)14(25)22-10-4-9(5-12(10)24)7-23-3-1-2-21-23/h1-3,6,8-10,12,24H,4-5,7H2,(H,22,25)/t9?,10-,12-/m1/s1. The minimum atomic E-state index is -4.65. The van der Waals surface area contributed by atoms with E-state index in [-0.39, 0.29) is 11.6 Å². The normalized spacial score (nSPS) is 23.6. The van der Waals surface area contributed by atoms with Crippen LogP contribution >= 0.6 is 0 Å². The monoisotopic (exact) mass is 355 g/mol. The number of aliphatic hydroxyl groups is 1.